The molecular weight excluding hydrogens is 496 g/mol. The van der Waals surface area contributed by atoms with Crippen molar-refractivity contribution in [1.82, 2.24) is 9.97 Å². The molecule has 1 unspecified atom stereocenters. The van der Waals surface area contributed by atoms with Gasteiger partial charge in [0.25, 0.3) is 0 Å². The van der Waals surface area contributed by atoms with E-state index in [0.29, 0.717) is 28.7 Å². The molecule has 0 amide bonds. The first kappa shape index (κ1) is 25.4. The quantitative estimate of drug-likeness (QED) is 0.0537. The Balaban J connectivity index is 1.97. The van der Waals surface area contributed by atoms with Gasteiger partial charge in [0.05, 0.1) is 22.7 Å². The smallest absolute Gasteiger partial charge is 0.201 e. The number of aldehydes is 1. The lowest BCUT2D eigenvalue weighted by atomic mass is 9.96. The Kier molecular flexibility index (Phi) is 7.21. The summed E-state index contributed by atoms with van der Waals surface area (Å²) in [6, 6.07) is 9.75. The van der Waals surface area contributed by atoms with Crippen molar-refractivity contribution in [2.75, 3.05) is 5.32 Å². The number of anilines is 1. The van der Waals surface area contributed by atoms with Crippen LogP contribution in [0, 0.1) is 6.92 Å². The minimum absolute atomic E-state index is 0.000575. The molecule has 0 aliphatic carbocycles. The van der Waals surface area contributed by atoms with E-state index in [-0.39, 0.29) is 39.0 Å². The summed E-state index contributed by atoms with van der Waals surface area (Å²) < 4.78 is 6.35. The molecule has 188 valence electrons. The van der Waals surface area contributed by atoms with Crippen LogP contribution in [0.2, 0.25) is 5.15 Å². The first-order chi connectivity index (χ1) is 17.8. The van der Waals surface area contributed by atoms with Crippen LogP contribution >= 0.6 is 11.6 Å². The molecule has 10 nitrogen and oxygen atoms in total. The SMILES string of the molecule is Cc1cc(C(C)Nc2ccc(Cl)nc2/C(N)=N/O)c2oc(-c3cccnc3)c(/C(C=O)=C/N)c(=O)c2c1. The highest BCUT2D eigenvalue weighted by Crippen LogP contribution is 2.34. The lowest BCUT2D eigenvalue weighted by Crippen LogP contribution is -2.19. The summed E-state index contributed by atoms with van der Waals surface area (Å²) in [5.41, 5.74) is 14.0. The minimum atomic E-state index is -0.443. The van der Waals surface area contributed by atoms with Gasteiger partial charge in [-0.25, -0.2) is 4.98 Å². The van der Waals surface area contributed by atoms with Crippen molar-refractivity contribution >= 4 is 46.0 Å². The van der Waals surface area contributed by atoms with E-state index in [4.69, 9.17) is 27.5 Å². The Hall–Kier alpha value is -4.70. The van der Waals surface area contributed by atoms with Gasteiger partial charge in [-0.15, -0.1) is 0 Å². The number of aromatic nitrogens is 2. The summed E-state index contributed by atoms with van der Waals surface area (Å²) in [5, 5.41) is 15.9. The summed E-state index contributed by atoms with van der Waals surface area (Å²) in [6.07, 6.45) is 4.71. The maximum absolute atomic E-state index is 13.7. The van der Waals surface area contributed by atoms with Crippen LogP contribution in [0.5, 0.6) is 0 Å². The molecule has 0 bridgehead atoms. The predicted octanol–water partition coefficient (Wildman–Crippen LogP) is 3.98. The van der Waals surface area contributed by atoms with Crippen LogP contribution in [-0.4, -0.2) is 27.3 Å². The van der Waals surface area contributed by atoms with Gasteiger partial charge in [0.15, 0.2) is 12.1 Å². The van der Waals surface area contributed by atoms with E-state index in [0.717, 1.165) is 11.8 Å². The molecule has 3 aromatic heterocycles. The number of allylic oxidation sites excluding steroid dienone is 1. The first-order valence-electron chi connectivity index (χ1n) is 11.1. The number of nitrogens with zero attached hydrogens (tertiary/aromatic N) is 3. The maximum Gasteiger partial charge on any atom is 0.201 e. The molecule has 4 aromatic rings. The molecule has 0 spiro atoms. The second-order valence-corrected chi connectivity index (χ2v) is 8.62. The molecule has 0 aliphatic rings. The molecule has 0 fully saturated rings. The van der Waals surface area contributed by atoms with Crippen molar-refractivity contribution in [2.45, 2.75) is 19.9 Å². The van der Waals surface area contributed by atoms with Crippen LogP contribution in [0.4, 0.5) is 5.69 Å². The number of fused-ring (bicyclic) bond motifs is 1. The molecule has 4 rings (SSSR count). The van der Waals surface area contributed by atoms with Crippen molar-refractivity contribution in [3.05, 3.63) is 92.8 Å². The van der Waals surface area contributed by atoms with E-state index in [9.17, 15) is 14.8 Å². The zero-order chi connectivity index (χ0) is 26.7. The zero-order valence-corrected chi connectivity index (χ0v) is 20.7. The molecule has 0 aliphatic heterocycles. The Labute approximate surface area is 216 Å². The van der Waals surface area contributed by atoms with Crippen LogP contribution < -0.4 is 22.2 Å². The van der Waals surface area contributed by atoms with Gasteiger partial charge in [0.1, 0.15) is 22.2 Å². The Morgan fingerprint density at radius 3 is 2.73 bits per heavy atom. The van der Waals surface area contributed by atoms with Gasteiger partial charge in [-0.3, -0.25) is 14.6 Å². The Bertz CT molecular complexity index is 1620. The van der Waals surface area contributed by atoms with Crippen LogP contribution in [0.25, 0.3) is 27.9 Å². The fraction of sp³-hybridized carbons (Fsp3) is 0.115. The van der Waals surface area contributed by atoms with Gasteiger partial charge in [0.2, 0.25) is 5.43 Å². The normalized spacial score (nSPS) is 12.9. The van der Waals surface area contributed by atoms with Crippen LogP contribution in [-0.2, 0) is 4.79 Å². The summed E-state index contributed by atoms with van der Waals surface area (Å²) in [4.78, 5) is 33.8. The third-order valence-electron chi connectivity index (χ3n) is 5.73. The molecule has 1 aromatic carbocycles. The van der Waals surface area contributed by atoms with E-state index < -0.39 is 11.5 Å². The van der Waals surface area contributed by atoms with Crippen LogP contribution in [0.1, 0.15) is 35.3 Å². The average Bonchev–Trinajstić information content (AvgIpc) is 2.91. The van der Waals surface area contributed by atoms with Gasteiger partial charge < -0.3 is 26.4 Å². The maximum atomic E-state index is 13.7. The number of nitrogens with two attached hydrogens (primary N) is 2. The van der Waals surface area contributed by atoms with Gasteiger partial charge in [-0.1, -0.05) is 22.8 Å². The topological polar surface area (TPSA) is 170 Å². The van der Waals surface area contributed by atoms with E-state index in [2.05, 4.69) is 20.4 Å². The molecule has 0 saturated heterocycles. The highest BCUT2D eigenvalue weighted by atomic mass is 35.5. The highest BCUT2D eigenvalue weighted by Gasteiger charge is 2.23. The van der Waals surface area contributed by atoms with E-state index in [1.807, 2.05) is 19.9 Å². The van der Waals surface area contributed by atoms with Gasteiger partial charge in [-0.2, -0.15) is 0 Å². The number of pyridine rings is 2. The first-order valence-corrected chi connectivity index (χ1v) is 11.5. The number of carbonyl (C=O) groups excluding carboxylic acids is 1. The molecule has 0 radical (unpaired) electrons. The number of aryl methyl sites for hydroxylation is 1. The number of amidine groups is 1. The van der Waals surface area contributed by atoms with Crippen molar-refractivity contribution in [1.29, 1.82) is 0 Å². The third kappa shape index (κ3) is 4.87. The molecule has 6 N–H and O–H groups in total. The van der Waals surface area contributed by atoms with E-state index in [1.54, 1.807) is 36.5 Å². The minimum Gasteiger partial charge on any atom is -0.455 e. The lowest BCUT2D eigenvalue weighted by molar-refractivity contribution is -0.103. The fourth-order valence-corrected chi connectivity index (χ4v) is 4.19. The number of hydrogen-bond donors (Lipinski definition) is 4. The molecule has 0 saturated carbocycles. The molecular formula is C26H23ClN6O4. The second-order valence-electron chi connectivity index (χ2n) is 8.23. The van der Waals surface area contributed by atoms with Crippen molar-refractivity contribution in [3.63, 3.8) is 0 Å². The van der Waals surface area contributed by atoms with Gasteiger partial charge in [-0.05, 0) is 49.7 Å². The number of oxime groups is 1. The number of rotatable bonds is 7. The van der Waals surface area contributed by atoms with Crippen molar-refractivity contribution in [2.24, 2.45) is 16.6 Å². The van der Waals surface area contributed by atoms with E-state index >= 15 is 0 Å². The zero-order valence-electron chi connectivity index (χ0n) is 19.9. The monoisotopic (exact) mass is 518 g/mol. The third-order valence-corrected chi connectivity index (χ3v) is 5.94. The van der Waals surface area contributed by atoms with Crippen molar-refractivity contribution in [3.8, 4) is 11.3 Å². The number of hydrogen-bond acceptors (Lipinski definition) is 9. The number of carbonyl (C=O) groups is 1. The van der Waals surface area contributed by atoms with E-state index in [1.165, 1.54) is 6.20 Å². The van der Waals surface area contributed by atoms with Crippen LogP contribution in [0.3, 0.4) is 0 Å². The number of nitrogens with one attached hydrogen (secondary N) is 1. The number of halogens is 1. The van der Waals surface area contributed by atoms with Gasteiger partial charge >= 0.3 is 0 Å². The van der Waals surface area contributed by atoms with Gasteiger partial charge in [0, 0.05) is 35.3 Å². The standard InChI is InChI=1S/C26H23ClN6O4/c1-13-8-17(14(2)31-19-5-6-20(27)32-22(19)26(29)33-36)25-18(9-13)23(35)21(16(10-28)12-34)24(37-25)15-4-3-7-30-11-15/h3-12,14,31,36H,28H2,1-2H3,(H2,29,33)/b16-10+. The average molecular weight is 519 g/mol. The fourth-order valence-electron chi connectivity index (χ4n) is 4.05. The summed E-state index contributed by atoms with van der Waals surface area (Å²) in [5.74, 6) is -0.0616. The summed E-state index contributed by atoms with van der Waals surface area (Å²) >= 11 is 6.00. The second kappa shape index (κ2) is 10.5. The van der Waals surface area contributed by atoms with Crippen LogP contribution in [0.15, 0.2) is 69.4 Å². The Morgan fingerprint density at radius 1 is 1.30 bits per heavy atom. The predicted molar refractivity (Wildman–Crippen MR) is 142 cm³/mol. The highest BCUT2D eigenvalue weighted by molar-refractivity contribution is 6.29. The Morgan fingerprint density at radius 2 is 2.08 bits per heavy atom. The molecule has 1 atom stereocenters. The summed E-state index contributed by atoms with van der Waals surface area (Å²) in [7, 11) is 0. The molecule has 37 heavy (non-hydrogen) atoms. The molecule has 11 heteroatoms. The largest absolute Gasteiger partial charge is 0.455 e. The lowest BCUT2D eigenvalue weighted by Gasteiger charge is -2.20. The van der Waals surface area contributed by atoms with Crippen molar-refractivity contribution < 1.29 is 14.4 Å². The summed E-state index contributed by atoms with van der Waals surface area (Å²) in [6.45, 7) is 3.70. The molecule has 3 heterocycles. The number of benzene rings is 1.